The van der Waals surface area contributed by atoms with Crippen LogP contribution in [0.1, 0.15) is 51.6 Å². The van der Waals surface area contributed by atoms with Gasteiger partial charge in [0.2, 0.25) is 0 Å². The van der Waals surface area contributed by atoms with Crippen molar-refractivity contribution in [3.05, 3.63) is 35.6 Å². The average Bonchev–Trinajstić information content (AvgIpc) is 2.39. The van der Waals surface area contributed by atoms with E-state index in [1.54, 1.807) is 12.1 Å². The number of nitrogens with two attached hydrogens (primary N) is 1. The Morgan fingerprint density at radius 1 is 1.32 bits per heavy atom. The second kappa shape index (κ2) is 7.61. The molecule has 0 saturated heterocycles. The zero-order valence-electron chi connectivity index (χ0n) is 12.6. The normalized spacial score (nSPS) is 16.4. The largest absolute Gasteiger partial charge is 0.326 e. The molecule has 1 rings (SSSR count). The first-order chi connectivity index (χ1) is 9.01. The van der Waals surface area contributed by atoms with Crippen molar-refractivity contribution in [2.24, 2.45) is 5.73 Å². The third-order valence-corrected chi connectivity index (χ3v) is 3.91. The zero-order valence-corrected chi connectivity index (χ0v) is 12.6. The maximum atomic E-state index is 13.4. The predicted octanol–water partition coefficient (Wildman–Crippen LogP) is 3.72. The molecule has 3 atom stereocenters. The van der Waals surface area contributed by atoms with Gasteiger partial charge in [-0.3, -0.25) is 4.90 Å². The summed E-state index contributed by atoms with van der Waals surface area (Å²) in [6.07, 6.45) is 3.14. The summed E-state index contributed by atoms with van der Waals surface area (Å²) < 4.78 is 13.4. The Morgan fingerprint density at radius 2 is 2.00 bits per heavy atom. The topological polar surface area (TPSA) is 29.3 Å². The van der Waals surface area contributed by atoms with Crippen LogP contribution in [-0.4, -0.2) is 24.0 Å². The van der Waals surface area contributed by atoms with E-state index in [1.165, 1.54) is 6.07 Å². The smallest absolute Gasteiger partial charge is 0.123 e. The van der Waals surface area contributed by atoms with Gasteiger partial charge in [-0.15, -0.1) is 0 Å². The SMILES string of the molecule is CCCC(C)N(C)C(c1cccc(F)c1)C(N)CC. The van der Waals surface area contributed by atoms with Crippen molar-refractivity contribution in [1.82, 2.24) is 4.90 Å². The van der Waals surface area contributed by atoms with Gasteiger partial charge in [-0.2, -0.15) is 0 Å². The molecule has 0 heterocycles. The lowest BCUT2D eigenvalue weighted by Crippen LogP contribution is -2.43. The van der Waals surface area contributed by atoms with Gasteiger partial charge in [0, 0.05) is 18.1 Å². The minimum atomic E-state index is -0.192. The standard InChI is InChI=1S/C16H27FN2/c1-5-8-12(3)19(4)16(15(18)6-2)13-9-7-10-14(17)11-13/h7,9-12,15-16H,5-6,8,18H2,1-4H3. The van der Waals surface area contributed by atoms with Crippen LogP contribution in [0.3, 0.4) is 0 Å². The fraction of sp³-hybridized carbons (Fsp3) is 0.625. The quantitative estimate of drug-likeness (QED) is 0.815. The van der Waals surface area contributed by atoms with Crippen molar-refractivity contribution in [2.75, 3.05) is 7.05 Å². The highest BCUT2D eigenvalue weighted by molar-refractivity contribution is 5.22. The monoisotopic (exact) mass is 266 g/mol. The van der Waals surface area contributed by atoms with Gasteiger partial charge in [0.1, 0.15) is 5.82 Å². The third-order valence-electron chi connectivity index (χ3n) is 3.91. The summed E-state index contributed by atoms with van der Waals surface area (Å²) in [6, 6.07) is 7.35. The molecule has 1 aromatic rings. The van der Waals surface area contributed by atoms with Crippen LogP contribution in [-0.2, 0) is 0 Å². The molecule has 0 spiro atoms. The third kappa shape index (κ3) is 4.29. The Balaban J connectivity index is 3.01. The number of likely N-dealkylation sites (N-methyl/N-ethyl adjacent to an activating group) is 1. The number of benzene rings is 1. The van der Waals surface area contributed by atoms with Crippen LogP contribution in [0.5, 0.6) is 0 Å². The molecule has 3 heteroatoms. The van der Waals surface area contributed by atoms with Gasteiger partial charge in [-0.05, 0) is 44.5 Å². The van der Waals surface area contributed by atoms with Gasteiger partial charge < -0.3 is 5.73 Å². The van der Waals surface area contributed by atoms with Crippen LogP contribution in [0, 0.1) is 5.82 Å². The summed E-state index contributed by atoms with van der Waals surface area (Å²) in [5.41, 5.74) is 7.24. The van der Waals surface area contributed by atoms with E-state index in [4.69, 9.17) is 5.73 Å². The Hall–Kier alpha value is -0.930. The lowest BCUT2D eigenvalue weighted by atomic mass is 9.95. The number of rotatable bonds is 7. The number of halogens is 1. The van der Waals surface area contributed by atoms with Crippen molar-refractivity contribution in [3.63, 3.8) is 0 Å². The molecule has 108 valence electrons. The molecule has 0 amide bonds. The average molecular weight is 266 g/mol. The molecular weight excluding hydrogens is 239 g/mol. The highest BCUT2D eigenvalue weighted by Crippen LogP contribution is 2.27. The van der Waals surface area contributed by atoms with Gasteiger partial charge in [0.25, 0.3) is 0 Å². The van der Waals surface area contributed by atoms with Gasteiger partial charge >= 0.3 is 0 Å². The molecule has 0 radical (unpaired) electrons. The van der Waals surface area contributed by atoms with Crippen LogP contribution in [0.25, 0.3) is 0 Å². The van der Waals surface area contributed by atoms with E-state index in [1.807, 2.05) is 6.07 Å². The molecule has 19 heavy (non-hydrogen) atoms. The second-order valence-corrected chi connectivity index (χ2v) is 5.38. The van der Waals surface area contributed by atoms with E-state index >= 15 is 0 Å². The van der Waals surface area contributed by atoms with Gasteiger partial charge in [0.05, 0.1) is 0 Å². The van der Waals surface area contributed by atoms with E-state index < -0.39 is 0 Å². The minimum Gasteiger partial charge on any atom is -0.326 e. The lowest BCUT2D eigenvalue weighted by molar-refractivity contribution is 0.150. The van der Waals surface area contributed by atoms with Crippen molar-refractivity contribution in [2.45, 2.75) is 58.2 Å². The molecule has 1 aromatic carbocycles. The molecule has 0 aliphatic heterocycles. The molecule has 0 aliphatic rings. The van der Waals surface area contributed by atoms with Crippen LogP contribution in [0.2, 0.25) is 0 Å². The van der Waals surface area contributed by atoms with Crippen molar-refractivity contribution >= 4 is 0 Å². The maximum Gasteiger partial charge on any atom is 0.123 e. The first-order valence-corrected chi connectivity index (χ1v) is 7.24. The molecule has 0 aliphatic carbocycles. The lowest BCUT2D eigenvalue weighted by Gasteiger charge is -2.37. The van der Waals surface area contributed by atoms with Crippen LogP contribution in [0.15, 0.2) is 24.3 Å². The molecule has 2 N–H and O–H groups in total. The van der Waals surface area contributed by atoms with Crippen LogP contribution < -0.4 is 5.73 Å². The fourth-order valence-corrected chi connectivity index (χ4v) is 2.59. The maximum absolute atomic E-state index is 13.4. The van der Waals surface area contributed by atoms with Crippen molar-refractivity contribution in [3.8, 4) is 0 Å². The molecular formula is C16H27FN2. The van der Waals surface area contributed by atoms with E-state index in [0.717, 1.165) is 24.8 Å². The Kier molecular flexibility index (Phi) is 6.46. The predicted molar refractivity (Wildman–Crippen MR) is 79.5 cm³/mol. The van der Waals surface area contributed by atoms with E-state index in [2.05, 4.69) is 32.7 Å². The number of hydrogen-bond acceptors (Lipinski definition) is 2. The number of nitrogens with zero attached hydrogens (tertiary/aromatic N) is 1. The minimum absolute atomic E-state index is 0.0195. The van der Waals surface area contributed by atoms with Crippen molar-refractivity contribution in [1.29, 1.82) is 0 Å². The molecule has 0 saturated carbocycles. The van der Waals surface area contributed by atoms with Crippen molar-refractivity contribution < 1.29 is 4.39 Å². The molecule has 3 unspecified atom stereocenters. The van der Waals surface area contributed by atoms with E-state index in [-0.39, 0.29) is 17.9 Å². The zero-order chi connectivity index (χ0) is 14.4. The van der Waals surface area contributed by atoms with Gasteiger partial charge in [-0.1, -0.05) is 32.4 Å². The summed E-state index contributed by atoms with van der Waals surface area (Å²) in [7, 11) is 2.09. The summed E-state index contributed by atoms with van der Waals surface area (Å²) in [5, 5.41) is 0. The summed E-state index contributed by atoms with van der Waals surface area (Å²) in [6.45, 7) is 6.47. The van der Waals surface area contributed by atoms with Gasteiger partial charge in [0.15, 0.2) is 0 Å². The first kappa shape index (κ1) is 16.1. The van der Waals surface area contributed by atoms with Gasteiger partial charge in [-0.25, -0.2) is 4.39 Å². The summed E-state index contributed by atoms with van der Waals surface area (Å²) in [5.74, 6) is -0.192. The Bertz CT molecular complexity index is 381. The second-order valence-electron chi connectivity index (χ2n) is 5.38. The molecule has 0 fully saturated rings. The summed E-state index contributed by atoms with van der Waals surface area (Å²) >= 11 is 0. The van der Waals surface area contributed by atoms with Crippen LogP contribution >= 0.6 is 0 Å². The first-order valence-electron chi connectivity index (χ1n) is 7.24. The molecule has 0 aromatic heterocycles. The Labute approximate surface area is 116 Å². The molecule has 0 bridgehead atoms. The number of hydrogen-bond donors (Lipinski definition) is 1. The van der Waals surface area contributed by atoms with E-state index in [0.29, 0.717) is 6.04 Å². The Morgan fingerprint density at radius 3 is 2.53 bits per heavy atom. The highest BCUT2D eigenvalue weighted by Gasteiger charge is 2.26. The summed E-state index contributed by atoms with van der Waals surface area (Å²) in [4.78, 5) is 2.28. The van der Waals surface area contributed by atoms with E-state index in [9.17, 15) is 4.39 Å². The fourth-order valence-electron chi connectivity index (χ4n) is 2.59. The van der Waals surface area contributed by atoms with Crippen LogP contribution in [0.4, 0.5) is 4.39 Å². The highest BCUT2D eigenvalue weighted by atomic mass is 19.1. The molecule has 2 nitrogen and oxygen atoms in total.